The van der Waals surface area contributed by atoms with Crippen LogP contribution < -0.4 is 11.1 Å². The van der Waals surface area contributed by atoms with Crippen LogP contribution in [-0.4, -0.2) is 32.2 Å². The highest BCUT2D eigenvalue weighted by molar-refractivity contribution is 5.96. The highest BCUT2D eigenvalue weighted by Gasteiger charge is 2.20. The first-order valence-corrected chi connectivity index (χ1v) is 7.12. The van der Waals surface area contributed by atoms with E-state index in [0.717, 1.165) is 17.5 Å². The van der Waals surface area contributed by atoms with Crippen molar-refractivity contribution in [2.24, 2.45) is 5.73 Å². The van der Waals surface area contributed by atoms with E-state index in [1.807, 2.05) is 24.3 Å². The number of rotatable bonds is 7. The number of carbonyl (C=O) groups excluding carboxylic acids is 1. The Morgan fingerprint density at radius 2 is 1.95 bits per heavy atom. The van der Waals surface area contributed by atoms with Gasteiger partial charge in [0.25, 0.3) is 5.91 Å². The first-order valence-electron chi connectivity index (χ1n) is 7.12. The molecule has 1 amide bonds. The minimum absolute atomic E-state index is 0.0191. The molecule has 1 aromatic rings. The molecule has 4 nitrogen and oxygen atoms in total. The van der Waals surface area contributed by atoms with Crippen LogP contribution in [0.15, 0.2) is 24.3 Å². The van der Waals surface area contributed by atoms with Crippen LogP contribution in [0.5, 0.6) is 0 Å². The summed E-state index contributed by atoms with van der Waals surface area (Å²) >= 11 is 0. The van der Waals surface area contributed by atoms with Crippen LogP contribution in [0.2, 0.25) is 0 Å². The molecule has 0 unspecified atom stereocenters. The van der Waals surface area contributed by atoms with Gasteiger partial charge in [0.15, 0.2) is 0 Å². The highest BCUT2D eigenvalue weighted by Crippen LogP contribution is 2.25. The van der Waals surface area contributed by atoms with Crippen molar-refractivity contribution in [2.75, 3.05) is 26.3 Å². The SMILES string of the molecule is CC(C)(C)c1ccccc1C(=O)NCCCOCCN. The summed E-state index contributed by atoms with van der Waals surface area (Å²) in [4.78, 5) is 12.2. The van der Waals surface area contributed by atoms with E-state index in [4.69, 9.17) is 10.5 Å². The Morgan fingerprint density at radius 1 is 1.25 bits per heavy atom. The molecule has 0 fully saturated rings. The van der Waals surface area contributed by atoms with Gasteiger partial charge < -0.3 is 15.8 Å². The van der Waals surface area contributed by atoms with Gasteiger partial charge in [0.1, 0.15) is 0 Å². The quantitative estimate of drug-likeness (QED) is 0.751. The van der Waals surface area contributed by atoms with Gasteiger partial charge in [0.05, 0.1) is 6.61 Å². The molecule has 1 aromatic carbocycles. The minimum Gasteiger partial charge on any atom is -0.380 e. The Morgan fingerprint density at radius 3 is 2.60 bits per heavy atom. The van der Waals surface area contributed by atoms with Gasteiger partial charge in [-0.25, -0.2) is 0 Å². The van der Waals surface area contributed by atoms with Gasteiger partial charge in [-0.3, -0.25) is 4.79 Å². The average Bonchev–Trinajstić information content (AvgIpc) is 2.41. The summed E-state index contributed by atoms with van der Waals surface area (Å²) in [5.74, 6) is -0.0191. The molecule has 0 heterocycles. The number of hydrogen-bond donors (Lipinski definition) is 2. The molecule has 0 aliphatic rings. The molecule has 0 aliphatic carbocycles. The highest BCUT2D eigenvalue weighted by atomic mass is 16.5. The number of nitrogens with two attached hydrogens (primary N) is 1. The number of hydrogen-bond acceptors (Lipinski definition) is 3. The van der Waals surface area contributed by atoms with Crippen molar-refractivity contribution < 1.29 is 9.53 Å². The predicted octanol–water partition coefficient (Wildman–Crippen LogP) is 2.08. The van der Waals surface area contributed by atoms with E-state index in [1.54, 1.807) is 0 Å². The third-order valence-corrected chi connectivity index (χ3v) is 2.99. The molecule has 0 bridgehead atoms. The molecule has 3 N–H and O–H groups in total. The maximum absolute atomic E-state index is 12.2. The monoisotopic (exact) mass is 278 g/mol. The predicted molar refractivity (Wildman–Crippen MR) is 82.0 cm³/mol. The summed E-state index contributed by atoms with van der Waals surface area (Å²) in [5.41, 5.74) is 7.11. The van der Waals surface area contributed by atoms with E-state index < -0.39 is 0 Å². The molecular formula is C16H26N2O2. The maximum Gasteiger partial charge on any atom is 0.251 e. The fraction of sp³-hybridized carbons (Fsp3) is 0.562. The first-order chi connectivity index (χ1) is 9.46. The lowest BCUT2D eigenvalue weighted by molar-refractivity contribution is 0.0941. The summed E-state index contributed by atoms with van der Waals surface area (Å²) in [6, 6.07) is 7.76. The van der Waals surface area contributed by atoms with Crippen molar-refractivity contribution in [3.05, 3.63) is 35.4 Å². The zero-order valence-corrected chi connectivity index (χ0v) is 12.7. The van der Waals surface area contributed by atoms with Crippen LogP contribution in [-0.2, 0) is 10.2 Å². The maximum atomic E-state index is 12.2. The second kappa shape index (κ2) is 8.02. The van der Waals surface area contributed by atoms with Crippen molar-refractivity contribution >= 4 is 5.91 Å². The topological polar surface area (TPSA) is 64.3 Å². The fourth-order valence-corrected chi connectivity index (χ4v) is 1.99. The van der Waals surface area contributed by atoms with E-state index in [9.17, 15) is 4.79 Å². The first kappa shape index (κ1) is 16.7. The largest absolute Gasteiger partial charge is 0.380 e. The van der Waals surface area contributed by atoms with Crippen LogP contribution in [0.1, 0.15) is 43.1 Å². The lowest BCUT2D eigenvalue weighted by Crippen LogP contribution is -2.28. The van der Waals surface area contributed by atoms with Gasteiger partial charge in [-0.15, -0.1) is 0 Å². The number of ether oxygens (including phenoxy) is 1. The zero-order valence-electron chi connectivity index (χ0n) is 12.7. The van der Waals surface area contributed by atoms with Crippen LogP contribution in [0, 0.1) is 0 Å². The van der Waals surface area contributed by atoms with Crippen LogP contribution >= 0.6 is 0 Å². The van der Waals surface area contributed by atoms with Crippen molar-refractivity contribution in [2.45, 2.75) is 32.6 Å². The number of amides is 1. The number of nitrogens with one attached hydrogen (secondary N) is 1. The Hall–Kier alpha value is -1.39. The zero-order chi connectivity index (χ0) is 15.0. The molecule has 0 aromatic heterocycles. The summed E-state index contributed by atoms with van der Waals surface area (Å²) in [5, 5.41) is 2.94. The normalized spacial score (nSPS) is 11.4. The van der Waals surface area contributed by atoms with Gasteiger partial charge >= 0.3 is 0 Å². The lowest BCUT2D eigenvalue weighted by atomic mass is 9.83. The molecular weight excluding hydrogens is 252 g/mol. The Kier molecular flexibility index (Phi) is 6.68. The van der Waals surface area contributed by atoms with E-state index in [2.05, 4.69) is 26.1 Å². The van der Waals surface area contributed by atoms with Crippen molar-refractivity contribution in [1.29, 1.82) is 0 Å². The van der Waals surface area contributed by atoms with E-state index >= 15 is 0 Å². The summed E-state index contributed by atoms with van der Waals surface area (Å²) in [6.45, 7) is 8.67. The van der Waals surface area contributed by atoms with Crippen molar-refractivity contribution in [1.82, 2.24) is 5.32 Å². The van der Waals surface area contributed by atoms with E-state index in [0.29, 0.717) is 26.3 Å². The molecule has 4 heteroatoms. The summed E-state index contributed by atoms with van der Waals surface area (Å²) in [7, 11) is 0. The molecule has 20 heavy (non-hydrogen) atoms. The van der Waals surface area contributed by atoms with Gasteiger partial charge in [0, 0.05) is 25.3 Å². The average molecular weight is 278 g/mol. The van der Waals surface area contributed by atoms with E-state index in [1.165, 1.54) is 0 Å². The second-order valence-corrected chi connectivity index (χ2v) is 5.81. The molecule has 1 rings (SSSR count). The third-order valence-electron chi connectivity index (χ3n) is 2.99. The smallest absolute Gasteiger partial charge is 0.251 e. The van der Waals surface area contributed by atoms with Gasteiger partial charge in [-0.1, -0.05) is 39.0 Å². The Bertz CT molecular complexity index is 425. The molecule has 0 saturated carbocycles. The third kappa shape index (κ3) is 5.31. The van der Waals surface area contributed by atoms with Gasteiger partial charge in [-0.05, 0) is 23.5 Å². The molecule has 0 radical (unpaired) electrons. The molecule has 112 valence electrons. The summed E-state index contributed by atoms with van der Waals surface area (Å²) < 4.78 is 5.27. The standard InChI is InChI=1S/C16H26N2O2/c1-16(2,3)14-8-5-4-7-13(14)15(19)18-10-6-11-20-12-9-17/h4-5,7-8H,6,9-12,17H2,1-3H3,(H,18,19). The summed E-state index contributed by atoms with van der Waals surface area (Å²) in [6.07, 6.45) is 0.795. The van der Waals surface area contributed by atoms with Gasteiger partial charge in [-0.2, -0.15) is 0 Å². The van der Waals surface area contributed by atoms with Crippen LogP contribution in [0.4, 0.5) is 0 Å². The van der Waals surface area contributed by atoms with E-state index in [-0.39, 0.29) is 11.3 Å². The minimum atomic E-state index is -0.0435. The second-order valence-electron chi connectivity index (χ2n) is 5.81. The van der Waals surface area contributed by atoms with Crippen molar-refractivity contribution in [3.8, 4) is 0 Å². The Balaban J connectivity index is 2.52. The molecule has 0 saturated heterocycles. The van der Waals surface area contributed by atoms with Crippen LogP contribution in [0.3, 0.4) is 0 Å². The lowest BCUT2D eigenvalue weighted by Gasteiger charge is -2.22. The molecule has 0 atom stereocenters. The van der Waals surface area contributed by atoms with Crippen LogP contribution in [0.25, 0.3) is 0 Å². The molecule has 0 spiro atoms. The number of benzene rings is 1. The molecule has 0 aliphatic heterocycles. The Labute approximate surface area is 121 Å². The van der Waals surface area contributed by atoms with Gasteiger partial charge in [0.2, 0.25) is 0 Å². The van der Waals surface area contributed by atoms with Crippen molar-refractivity contribution in [3.63, 3.8) is 0 Å². The fourth-order valence-electron chi connectivity index (χ4n) is 1.99. The number of carbonyl (C=O) groups is 1.